The first kappa shape index (κ1) is 10.5. The molecule has 1 aliphatic rings. The molecule has 2 N–H and O–H groups in total. The van der Waals surface area contributed by atoms with Gasteiger partial charge in [-0.3, -0.25) is 0 Å². The van der Waals surface area contributed by atoms with Gasteiger partial charge in [-0.05, 0) is 48.9 Å². The maximum atomic E-state index is 5.70. The third-order valence-corrected chi connectivity index (χ3v) is 3.17. The molecule has 0 saturated carbocycles. The lowest BCUT2D eigenvalue weighted by molar-refractivity contribution is 0.265. The lowest BCUT2D eigenvalue weighted by atomic mass is 9.90. The Morgan fingerprint density at radius 1 is 1.47 bits per heavy atom. The van der Waals surface area contributed by atoms with E-state index in [0.717, 1.165) is 25.2 Å². The van der Waals surface area contributed by atoms with Crippen molar-refractivity contribution in [1.82, 2.24) is 0 Å². The van der Waals surface area contributed by atoms with Crippen LogP contribution in [0, 0.1) is 0 Å². The van der Waals surface area contributed by atoms with Crippen molar-refractivity contribution in [3.63, 3.8) is 0 Å². The van der Waals surface area contributed by atoms with Gasteiger partial charge in [0.2, 0.25) is 0 Å². The molecule has 0 radical (unpaired) electrons. The maximum Gasteiger partial charge on any atom is 0.123 e. The van der Waals surface area contributed by atoms with Crippen molar-refractivity contribution in [2.45, 2.75) is 32.1 Å². The molecular weight excluding hydrogens is 186 g/mol. The van der Waals surface area contributed by atoms with Gasteiger partial charge < -0.3 is 10.5 Å². The smallest absolute Gasteiger partial charge is 0.123 e. The molecule has 1 aromatic rings. The zero-order chi connectivity index (χ0) is 10.7. The highest BCUT2D eigenvalue weighted by atomic mass is 16.5. The summed E-state index contributed by atoms with van der Waals surface area (Å²) in [7, 11) is 0. The van der Waals surface area contributed by atoms with E-state index in [1.54, 1.807) is 0 Å². The molecule has 1 aromatic carbocycles. The van der Waals surface area contributed by atoms with Crippen molar-refractivity contribution in [2.75, 3.05) is 13.2 Å². The molecule has 0 amide bonds. The predicted molar refractivity (Wildman–Crippen MR) is 62.3 cm³/mol. The Morgan fingerprint density at radius 2 is 2.33 bits per heavy atom. The number of ether oxygens (including phenoxy) is 1. The summed E-state index contributed by atoms with van der Waals surface area (Å²) in [5, 5.41) is 0. The maximum absolute atomic E-state index is 5.70. The van der Waals surface area contributed by atoms with Crippen LogP contribution in [0.2, 0.25) is 0 Å². The fourth-order valence-corrected chi connectivity index (χ4v) is 2.25. The van der Waals surface area contributed by atoms with Crippen LogP contribution >= 0.6 is 0 Å². The topological polar surface area (TPSA) is 35.2 Å². The van der Waals surface area contributed by atoms with Crippen LogP contribution in [0.1, 0.15) is 36.8 Å². The molecule has 0 bridgehead atoms. The van der Waals surface area contributed by atoms with Crippen molar-refractivity contribution < 1.29 is 4.74 Å². The zero-order valence-electron chi connectivity index (χ0n) is 9.33. The van der Waals surface area contributed by atoms with Crippen LogP contribution < -0.4 is 10.5 Å². The van der Waals surface area contributed by atoms with Gasteiger partial charge in [0.25, 0.3) is 0 Å². The molecule has 1 atom stereocenters. The number of rotatable bonds is 3. The van der Waals surface area contributed by atoms with E-state index in [1.165, 1.54) is 17.5 Å². The third-order valence-electron chi connectivity index (χ3n) is 3.17. The third kappa shape index (κ3) is 2.15. The molecule has 0 spiro atoms. The highest BCUT2D eigenvalue weighted by molar-refractivity contribution is 5.41. The first-order valence-corrected chi connectivity index (χ1v) is 5.80. The van der Waals surface area contributed by atoms with E-state index in [0.29, 0.717) is 12.5 Å². The Morgan fingerprint density at radius 3 is 3.07 bits per heavy atom. The van der Waals surface area contributed by atoms with Gasteiger partial charge in [-0.2, -0.15) is 0 Å². The van der Waals surface area contributed by atoms with E-state index in [9.17, 15) is 0 Å². The molecule has 0 aromatic heterocycles. The largest absolute Gasteiger partial charge is 0.493 e. The summed E-state index contributed by atoms with van der Waals surface area (Å²) < 4.78 is 5.70. The van der Waals surface area contributed by atoms with Gasteiger partial charge in [0, 0.05) is 0 Å². The van der Waals surface area contributed by atoms with Crippen LogP contribution in [0.25, 0.3) is 0 Å². The van der Waals surface area contributed by atoms with Gasteiger partial charge in [-0.1, -0.05) is 19.1 Å². The summed E-state index contributed by atoms with van der Waals surface area (Å²) in [5.74, 6) is 1.76. The van der Waals surface area contributed by atoms with Gasteiger partial charge in [-0.15, -0.1) is 0 Å². The van der Waals surface area contributed by atoms with Crippen molar-refractivity contribution >= 4 is 0 Å². The molecule has 2 nitrogen and oxygen atoms in total. The van der Waals surface area contributed by atoms with E-state index >= 15 is 0 Å². The molecule has 0 fully saturated rings. The van der Waals surface area contributed by atoms with E-state index in [2.05, 4.69) is 25.1 Å². The minimum absolute atomic E-state index is 0.681. The first-order valence-electron chi connectivity index (χ1n) is 5.80. The summed E-state index contributed by atoms with van der Waals surface area (Å²) >= 11 is 0. The van der Waals surface area contributed by atoms with Crippen LogP contribution in [-0.2, 0) is 6.42 Å². The summed E-state index contributed by atoms with van der Waals surface area (Å²) in [5.41, 5.74) is 8.21. The predicted octanol–water partition coefficient (Wildman–Crippen LogP) is 2.46. The first-order chi connectivity index (χ1) is 7.35. The second-order valence-corrected chi connectivity index (χ2v) is 4.15. The Kier molecular flexibility index (Phi) is 3.27. The molecule has 1 aliphatic heterocycles. The Balaban J connectivity index is 2.27. The number of fused-ring (bicyclic) bond motifs is 1. The van der Waals surface area contributed by atoms with Gasteiger partial charge in [0.1, 0.15) is 5.75 Å². The quantitative estimate of drug-likeness (QED) is 0.822. The highest BCUT2D eigenvalue weighted by Crippen LogP contribution is 2.36. The van der Waals surface area contributed by atoms with Crippen LogP contribution in [0.15, 0.2) is 18.2 Å². The van der Waals surface area contributed by atoms with Gasteiger partial charge in [0.05, 0.1) is 6.61 Å². The van der Waals surface area contributed by atoms with Crippen molar-refractivity contribution in [1.29, 1.82) is 0 Å². The van der Waals surface area contributed by atoms with Crippen molar-refractivity contribution in [3.05, 3.63) is 29.3 Å². The van der Waals surface area contributed by atoms with Gasteiger partial charge in [0.15, 0.2) is 0 Å². The lowest BCUT2D eigenvalue weighted by Gasteiger charge is -2.25. The summed E-state index contributed by atoms with van der Waals surface area (Å²) in [4.78, 5) is 0. The standard InChI is InChI=1S/C13H19NO/c1-2-11-6-8-15-13-9-10(5-7-14)3-4-12(11)13/h3-4,9,11H,2,5-8,14H2,1H3. The monoisotopic (exact) mass is 205 g/mol. The highest BCUT2D eigenvalue weighted by Gasteiger charge is 2.19. The Labute approximate surface area is 91.4 Å². The van der Waals surface area contributed by atoms with Crippen LogP contribution in [0.3, 0.4) is 0 Å². The van der Waals surface area contributed by atoms with Crippen molar-refractivity contribution in [3.8, 4) is 5.75 Å². The summed E-state index contributed by atoms with van der Waals surface area (Å²) in [6, 6.07) is 6.56. The van der Waals surface area contributed by atoms with Crippen molar-refractivity contribution in [2.24, 2.45) is 5.73 Å². The fraction of sp³-hybridized carbons (Fsp3) is 0.538. The molecule has 2 heteroatoms. The fourth-order valence-electron chi connectivity index (χ4n) is 2.25. The molecule has 82 valence electrons. The average molecular weight is 205 g/mol. The normalized spacial score (nSPS) is 19.5. The summed E-state index contributed by atoms with van der Waals surface area (Å²) in [6.45, 7) is 3.81. The molecule has 0 aliphatic carbocycles. The molecule has 1 heterocycles. The second-order valence-electron chi connectivity index (χ2n) is 4.15. The Hall–Kier alpha value is -1.02. The van der Waals surface area contributed by atoms with Crippen LogP contribution in [-0.4, -0.2) is 13.2 Å². The lowest BCUT2D eigenvalue weighted by Crippen LogP contribution is -2.14. The second kappa shape index (κ2) is 4.67. The van der Waals surface area contributed by atoms with E-state index in [-0.39, 0.29) is 0 Å². The number of nitrogens with two attached hydrogens (primary N) is 1. The molecular formula is C13H19NO. The van der Waals surface area contributed by atoms with E-state index < -0.39 is 0 Å². The number of hydrogen-bond acceptors (Lipinski definition) is 2. The number of hydrogen-bond donors (Lipinski definition) is 1. The number of benzene rings is 1. The summed E-state index contributed by atoms with van der Waals surface area (Å²) in [6.07, 6.45) is 3.29. The molecule has 0 saturated heterocycles. The van der Waals surface area contributed by atoms with E-state index in [1.807, 2.05) is 0 Å². The molecule has 15 heavy (non-hydrogen) atoms. The minimum atomic E-state index is 0.681. The van der Waals surface area contributed by atoms with Gasteiger partial charge in [-0.25, -0.2) is 0 Å². The van der Waals surface area contributed by atoms with Gasteiger partial charge >= 0.3 is 0 Å². The average Bonchev–Trinajstić information content (AvgIpc) is 2.28. The minimum Gasteiger partial charge on any atom is -0.493 e. The van der Waals surface area contributed by atoms with Crippen LogP contribution in [0.4, 0.5) is 0 Å². The zero-order valence-corrected chi connectivity index (χ0v) is 9.33. The van der Waals surface area contributed by atoms with Crippen LogP contribution in [0.5, 0.6) is 5.75 Å². The van der Waals surface area contributed by atoms with E-state index in [4.69, 9.17) is 10.5 Å². The molecule has 2 rings (SSSR count). The molecule has 1 unspecified atom stereocenters. The Bertz CT molecular complexity index is 335. The SMILES string of the molecule is CCC1CCOc2cc(CCN)ccc21.